The van der Waals surface area contributed by atoms with Gasteiger partial charge in [0.1, 0.15) is 16.6 Å². The van der Waals surface area contributed by atoms with E-state index in [0.29, 0.717) is 10.8 Å². The molecule has 1 N–H and O–H groups in total. The number of benzene rings is 1. The third kappa shape index (κ3) is 2.73. The summed E-state index contributed by atoms with van der Waals surface area (Å²) in [6.45, 7) is 1.84. The maximum absolute atomic E-state index is 11.6. The van der Waals surface area contributed by atoms with Crippen LogP contribution in [0.15, 0.2) is 47.8 Å². The second-order valence-corrected chi connectivity index (χ2v) is 5.58. The fourth-order valence-electron chi connectivity index (χ4n) is 1.99. The largest absolute Gasteiger partial charge is 0.480 e. The molecule has 3 rings (SSSR count). The minimum Gasteiger partial charge on any atom is -0.480 e. The summed E-state index contributed by atoms with van der Waals surface area (Å²) in [7, 11) is 0. The van der Waals surface area contributed by atoms with Crippen LogP contribution in [0.3, 0.4) is 0 Å². The molecule has 0 aliphatic rings. The van der Waals surface area contributed by atoms with Crippen LogP contribution >= 0.6 is 11.8 Å². The zero-order valence-electron chi connectivity index (χ0n) is 11.2. The number of carboxylic acid groups (broad SMARTS) is 1. The number of fused-ring (bicyclic) bond motifs is 1. The van der Waals surface area contributed by atoms with Gasteiger partial charge in [0, 0.05) is 5.69 Å². The molecule has 1 atom stereocenters. The van der Waals surface area contributed by atoms with E-state index >= 15 is 0 Å². The van der Waals surface area contributed by atoms with Crippen LogP contribution in [0.25, 0.3) is 5.78 Å². The van der Waals surface area contributed by atoms with E-state index in [9.17, 15) is 9.90 Å². The molecule has 1 unspecified atom stereocenters. The molecule has 0 bridgehead atoms. The van der Waals surface area contributed by atoms with E-state index < -0.39 is 11.2 Å². The van der Waals surface area contributed by atoms with Crippen LogP contribution in [0, 0.1) is 6.92 Å². The molecule has 0 spiro atoms. The van der Waals surface area contributed by atoms with Crippen molar-refractivity contribution < 1.29 is 9.90 Å². The van der Waals surface area contributed by atoms with Crippen molar-refractivity contribution in [2.24, 2.45) is 0 Å². The van der Waals surface area contributed by atoms with Gasteiger partial charge < -0.3 is 5.11 Å². The summed E-state index contributed by atoms with van der Waals surface area (Å²) in [5.41, 5.74) is 1.51. The van der Waals surface area contributed by atoms with Gasteiger partial charge in [-0.3, -0.25) is 4.79 Å². The Hall–Kier alpha value is -2.41. The van der Waals surface area contributed by atoms with Crippen molar-refractivity contribution in [3.05, 3.63) is 54.0 Å². The average molecular weight is 300 g/mol. The molecule has 0 saturated heterocycles. The molecule has 0 amide bonds. The summed E-state index contributed by atoms with van der Waals surface area (Å²) in [4.78, 5) is 19.9. The molecule has 7 heteroatoms. The first kappa shape index (κ1) is 13.6. The predicted octanol–water partition coefficient (Wildman–Crippen LogP) is 2.35. The van der Waals surface area contributed by atoms with Crippen molar-refractivity contribution in [3.63, 3.8) is 0 Å². The second-order valence-electron chi connectivity index (χ2n) is 4.45. The number of carbonyl (C=O) groups is 1. The van der Waals surface area contributed by atoms with Crippen LogP contribution in [0.4, 0.5) is 0 Å². The van der Waals surface area contributed by atoms with Gasteiger partial charge in [0.05, 0.1) is 0 Å². The van der Waals surface area contributed by atoms with E-state index in [1.165, 1.54) is 18.1 Å². The predicted molar refractivity (Wildman–Crippen MR) is 78.2 cm³/mol. The average Bonchev–Trinajstić information content (AvgIpc) is 2.93. The first-order valence-corrected chi connectivity index (χ1v) is 7.15. The van der Waals surface area contributed by atoms with Gasteiger partial charge >= 0.3 is 5.97 Å². The maximum atomic E-state index is 11.6. The van der Waals surface area contributed by atoms with Crippen molar-refractivity contribution in [1.82, 2.24) is 19.6 Å². The van der Waals surface area contributed by atoms with Gasteiger partial charge in [-0.2, -0.15) is 14.6 Å². The van der Waals surface area contributed by atoms with Gasteiger partial charge in [-0.25, -0.2) is 4.98 Å². The Morgan fingerprint density at radius 3 is 2.81 bits per heavy atom. The summed E-state index contributed by atoms with van der Waals surface area (Å²) >= 11 is 1.22. The molecule has 2 aromatic heterocycles. The Morgan fingerprint density at radius 2 is 2.10 bits per heavy atom. The van der Waals surface area contributed by atoms with Gasteiger partial charge in [0.25, 0.3) is 5.78 Å². The Balaban J connectivity index is 2.02. The third-order valence-corrected chi connectivity index (χ3v) is 4.15. The van der Waals surface area contributed by atoms with Gasteiger partial charge in [0.15, 0.2) is 0 Å². The highest BCUT2D eigenvalue weighted by molar-refractivity contribution is 8.00. The fourth-order valence-corrected chi connectivity index (χ4v) is 3.09. The molecule has 21 heavy (non-hydrogen) atoms. The van der Waals surface area contributed by atoms with E-state index in [0.717, 1.165) is 11.3 Å². The molecule has 0 saturated carbocycles. The Kier molecular flexibility index (Phi) is 3.57. The lowest BCUT2D eigenvalue weighted by Gasteiger charge is -2.13. The molecule has 0 aliphatic carbocycles. The molecule has 2 heterocycles. The number of rotatable bonds is 4. The summed E-state index contributed by atoms with van der Waals surface area (Å²) in [6, 6.07) is 10.9. The molecule has 0 fully saturated rings. The van der Waals surface area contributed by atoms with E-state index in [2.05, 4.69) is 15.1 Å². The topological polar surface area (TPSA) is 80.4 Å². The van der Waals surface area contributed by atoms with Crippen LogP contribution in [-0.4, -0.2) is 30.7 Å². The number of nitrogens with zero attached hydrogens (tertiary/aromatic N) is 4. The van der Waals surface area contributed by atoms with Gasteiger partial charge in [-0.15, -0.1) is 0 Å². The summed E-state index contributed by atoms with van der Waals surface area (Å²) in [6.07, 6.45) is 1.41. The zero-order chi connectivity index (χ0) is 14.8. The second kappa shape index (κ2) is 5.53. The smallest absolute Gasteiger partial charge is 0.321 e. The normalized spacial score (nSPS) is 12.4. The maximum Gasteiger partial charge on any atom is 0.321 e. The van der Waals surface area contributed by atoms with Crippen LogP contribution < -0.4 is 0 Å². The number of thioether (sulfide) groups is 1. The number of aliphatic carboxylic acids is 1. The Bertz CT molecular complexity index is 788. The molecule has 6 nitrogen and oxygen atoms in total. The SMILES string of the molecule is Cc1cc(SC(C(=O)O)c2ccccc2)n2ncnc2n1. The zero-order valence-corrected chi connectivity index (χ0v) is 12.0. The molecule has 1 aromatic carbocycles. The summed E-state index contributed by atoms with van der Waals surface area (Å²) < 4.78 is 1.55. The first-order chi connectivity index (χ1) is 10.1. The monoisotopic (exact) mass is 300 g/mol. The van der Waals surface area contributed by atoms with Crippen molar-refractivity contribution in [3.8, 4) is 0 Å². The van der Waals surface area contributed by atoms with E-state index in [4.69, 9.17) is 0 Å². The van der Waals surface area contributed by atoms with E-state index in [1.54, 1.807) is 16.6 Å². The van der Waals surface area contributed by atoms with Gasteiger partial charge in [0.2, 0.25) is 0 Å². The lowest BCUT2D eigenvalue weighted by atomic mass is 10.1. The van der Waals surface area contributed by atoms with Gasteiger partial charge in [-0.05, 0) is 18.6 Å². The van der Waals surface area contributed by atoms with E-state index in [1.807, 2.05) is 31.2 Å². The van der Waals surface area contributed by atoms with E-state index in [-0.39, 0.29) is 0 Å². The molecular weight excluding hydrogens is 288 g/mol. The lowest BCUT2D eigenvalue weighted by molar-refractivity contribution is -0.136. The third-order valence-electron chi connectivity index (χ3n) is 2.91. The molecular formula is C14H12N4O2S. The highest BCUT2D eigenvalue weighted by Gasteiger charge is 2.23. The van der Waals surface area contributed by atoms with Crippen molar-refractivity contribution in [1.29, 1.82) is 0 Å². The summed E-state index contributed by atoms with van der Waals surface area (Å²) in [5.74, 6) is -0.427. The minimum atomic E-state index is -0.895. The van der Waals surface area contributed by atoms with Crippen LogP contribution in [-0.2, 0) is 4.79 Å². The highest BCUT2D eigenvalue weighted by atomic mass is 32.2. The number of aryl methyl sites for hydroxylation is 1. The number of hydrogen-bond acceptors (Lipinski definition) is 5. The van der Waals surface area contributed by atoms with Crippen LogP contribution in [0.2, 0.25) is 0 Å². The van der Waals surface area contributed by atoms with Crippen molar-refractivity contribution in [2.45, 2.75) is 17.2 Å². The van der Waals surface area contributed by atoms with Crippen molar-refractivity contribution in [2.75, 3.05) is 0 Å². The number of carboxylic acids is 1. The fraction of sp³-hybridized carbons (Fsp3) is 0.143. The quantitative estimate of drug-likeness (QED) is 0.588. The molecule has 0 aliphatic heterocycles. The number of aromatic nitrogens is 4. The Morgan fingerprint density at radius 1 is 1.33 bits per heavy atom. The Labute approximate surface area is 124 Å². The van der Waals surface area contributed by atoms with Crippen LogP contribution in [0.1, 0.15) is 16.5 Å². The standard InChI is InChI=1S/C14H12N4O2S/c1-9-7-11(18-14(17-9)15-8-16-18)21-12(13(19)20)10-5-3-2-4-6-10/h2-8,12H,1H3,(H,19,20). The number of hydrogen-bond donors (Lipinski definition) is 1. The molecule has 3 aromatic rings. The minimum absolute atomic E-state index is 0.467. The van der Waals surface area contributed by atoms with Gasteiger partial charge in [-0.1, -0.05) is 42.1 Å². The molecule has 0 radical (unpaired) electrons. The first-order valence-electron chi connectivity index (χ1n) is 6.27. The highest BCUT2D eigenvalue weighted by Crippen LogP contribution is 2.35. The summed E-state index contributed by atoms with van der Waals surface area (Å²) in [5, 5.41) is 13.6. The molecule has 106 valence electrons. The van der Waals surface area contributed by atoms with Crippen molar-refractivity contribution >= 4 is 23.5 Å². The van der Waals surface area contributed by atoms with Crippen LogP contribution in [0.5, 0.6) is 0 Å². The lowest BCUT2D eigenvalue weighted by Crippen LogP contribution is -2.09.